The average molecular weight is 467 g/mol. The standard InChI is InChI=1S/C20H26N3O8P/c1-13(2)30-32(28,31-14(3)4)20(15-7-6-8-16(11-15)22(24)25)21-18-10-9-17(29-5)12-19(18)23(26)27/h6-14,20-21H,1-5H3. The molecule has 1 unspecified atom stereocenters. The van der Waals surface area contributed by atoms with E-state index in [9.17, 15) is 24.8 Å². The average Bonchev–Trinajstić information content (AvgIpc) is 2.70. The van der Waals surface area contributed by atoms with Gasteiger partial charge in [-0.25, -0.2) is 0 Å². The van der Waals surface area contributed by atoms with E-state index in [0.717, 1.165) is 0 Å². The molecule has 0 bridgehead atoms. The van der Waals surface area contributed by atoms with Crippen LogP contribution < -0.4 is 10.1 Å². The minimum absolute atomic E-state index is 0.0206. The molecule has 2 aromatic rings. The second kappa shape index (κ2) is 10.5. The number of nitro groups is 2. The zero-order valence-corrected chi connectivity index (χ0v) is 19.3. The Hall–Kier alpha value is -3.01. The van der Waals surface area contributed by atoms with Gasteiger partial charge in [0.1, 0.15) is 11.4 Å². The third-order valence-corrected chi connectivity index (χ3v) is 6.61. The highest BCUT2D eigenvalue weighted by Crippen LogP contribution is 2.62. The fourth-order valence-electron chi connectivity index (χ4n) is 2.95. The Morgan fingerprint density at radius 1 is 0.938 bits per heavy atom. The minimum atomic E-state index is -4.04. The van der Waals surface area contributed by atoms with Crippen LogP contribution >= 0.6 is 7.60 Å². The molecule has 0 aliphatic rings. The van der Waals surface area contributed by atoms with Crippen LogP contribution in [0.25, 0.3) is 0 Å². The molecular formula is C20H26N3O8P. The maximum absolute atomic E-state index is 14.0. The Bertz CT molecular complexity index is 1010. The lowest BCUT2D eigenvalue weighted by molar-refractivity contribution is -0.384. The van der Waals surface area contributed by atoms with Crippen molar-refractivity contribution in [2.45, 2.75) is 45.7 Å². The van der Waals surface area contributed by atoms with Crippen LogP contribution in [0.5, 0.6) is 5.75 Å². The monoisotopic (exact) mass is 467 g/mol. The second-order valence-corrected chi connectivity index (χ2v) is 9.41. The Morgan fingerprint density at radius 3 is 2.06 bits per heavy atom. The molecule has 0 heterocycles. The number of methoxy groups -OCH3 is 1. The van der Waals surface area contributed by atoms with E-state index in [1.54, 1.807) is 27.7 Å². The van der Waals surface area contributed by atoms with Crippen LogP contribution in [0.2, 0.25) is 0 Å². The number of anilines is 1. The molecule has 1 N–H and O–H groups in total. The SMILES string of the molecule is COc1ccc(NC(c2cccc([N+](=O)[O-])c2)P(=O)(OC(C)C)OC(C)C)c([N+](=O)[O-])c1. The van der Waals surface area contributed by atoms with E-state index >= 15 is 0 Å². The summed E-state index contributed by atoms with van der Waals surface area (Å²) in [6.07, 6.45) is -1.04. The van der Waals surface area contributed by atoms with Crippen LogP contribution in [0.1, 0.15) is 39.0 Å². The molecule has 0 radical (unpaired) electrons. The van der Waals surface area contributed by atoms with E-state index in [4.69, 9.17) is 13.8 Å². The van der Waals surface area contributed by atoms with Gasteiger partial charge >= 0.3 is 7.60 Å². The highest BCUT2D eigenvalue weighted by Gasteiger charge is 2.41. The van der Waals surface area contributed by atoms with Crippen molar-refractivity contribution in [3.8, 4) is 5.75 Å². The van der Waals surface area contributed by atoms with Crippen molar-refractivity contribution in [2.75, 3.05) is 12.4 Å². The molecule has 0 fully saturated rings. The van der Waals surface area contributed by atoms with Crippen molar-refractivity contribution >= 4 is 24.7 Å². The van der Waals surface area contributed by atoms with E-state index in [2.05, 4.69) is 5.32 Å². The zero-order chi connectivity index (χ0) is 24.1. The van der Waals surface area contributed by atoms with Crippen molar-refractivity contribution in [2.24, 2.45) is 0 Å². The van der Waals surface area contributed by atoms with Gasteiger partial charge in [0.2, 0.25) is 0 Å². The van der Waals surface area contributed by atoms with Gasteiger partial charge in [0.25, 0.3) is 11.4 Å². The molecular weight excluding hydrogens is 441 g/mol. The number of ether oxygens (including phenoxy) is 1. The van der Waals surface area contributed by atoms with Gasteiger partial charge in [-0.3, -0.25) is 24.8 Å². The second-order valence-electron chi connectivity index (χ2n) is 7.39. The number of nitro benzene ring substituents is 2. The molecule has 0 amide bonds. The van der Waals surface area contributed by atoms with Crippen molar-refractivity contribution in [1.82, 2.24) is 0 Å². The molecule has 12 heteroatoms. The summed E-state index contributed by atoms with van der Waals surface area (Å²) in [4.78, 5) is 21.7. The highest BCUT2D eigenvalue weighted by atomic mass is 31.2. The molecule has 0 spiro atoms. The molecule has 2 aromatic carbocycles. The summed E-state index contributed by atoms with van der Waals surface area (Å²) in [5.41, 5.74) is -0.333. The minimum Gasteiger partial charge on any atom is -0.496 e. The van der Waals surface area contributed by atoms with E-state index in [1.165, 1.54) is 49.6 Å². The first-order chi connectivity index (χ1) is 15.0. The zero-order valence-electron chi connectivity index (χ0n) is 18.4. The summed E-state index contributed by atoms with van der Waals surface area (Å²) >= 11 is 0. The first-order valence-electron chi connectivity index (χ1n) is 9.76. The molecule has 0 aromatic heterocycles. The molecule has 1 atom stereocenters. The van der Waals surface area contributed by atoms with Gasteiger partial charge in [-0.1, -0.05) is 12.1 Å². The van der Waals surface area contributed by atoms with Crippen LogP contribution in [0.15, 0.2) is 42.5 Å². The van der Waals surface area contributed by atoms with Gasteiger partial charge < -0.3 is 19.1 Å². The fourth-order valence-corrected chi connectivity index (χ4v) is 5.24. The van der Waals surface area contributed by atoms with Gasteiger partial charge in [-0.15, -0.1) is 0 Å². The Labute approximate surface area is 185 Å². The van der Waals surface area contributed by atoms with Crippen LogP contribution in [-0.4, -0.2) is 29.2 Å². The molecule has 11 nitrogen and oxygen atoms in total. The molecule has 0 saturated carbocycles. The molecule has 0 aliphatic carbocycles. The van der Waals surface area contributed by atoms with Crippen molar-refractivity contribution < 1.29 is 28.2 Å². The lowest BCUT2D eigenvalue weighted by Crippen LogP contribution is -2.20. The number of rotatable bonds is 11. The topological polar surface area (TPSA) is 143 Å². The number of hydrogen-bond acceptors (Lipinski definition) is 9. The normalized spacial score (nSPS) is 12.6. The quantitative estimate of drug-likeness (QED) is 0.251. The summed E-state index contributed by atoms with van der Waals surface area (Å²) in [7, 11) is -2.66. The predicted octanol–water partition coefficient (Wildman–Crippen LogP) is 5.67. The number of benzene rings is 2. The smallest absolute Gasteiger partial charge is 0.357 e. The summed E-state index contributed by atoms with van der Waals surface area (Å²) in [6.45, 7) is 6.65. The Balaban J connectivity index is 2.68. The highest BCUT2D eigenvalue weighted by molar-refractivity contribution is 7.54. The van der Waals surface area contributed by atoms with Crippen LogP contribution in [0.4, 0.5) is 17.1 Å². The number of hydrogen-bond donors (Lipinski definition) is 1. The van der Waals surface area contributed by atoms with E-state index < -0.39 is 35.4 Å². The third-order valence-electron chi connectivity index (χ3n) is 4.12. The van der Waals surface area contributed by atoms with Crippen molar-refractivity contribution in [3.05, 3.63) is 68.3 Å². The summed E-state index contributed by atoms with van der Waals surface area (Å²) in [5.74, 6) is -1.01. The summed E-state index contributed by atoms with van der Waals surface area (Å²) in [6, 6.07) is 9.57. The van der Waals surface area contributed by atoms with Gasteiger partial charge in [0.15, 0.2) is 5.78 Å². The molecule has 2 rings (SSSR count). The number of nitrogens with one attached hydrogen (secondary N) is 1. The third kappa shape index (κ3) is 6.25. The van der Waals surface area contributed by atoms with E-state index in [1.807, 2.05) is 0 Å². The molecule has 0 aliphatic heterocycles. The van der Waals surface area contributed by atoms with Gasteiger partial charge in [0, 0.05) is 12.1 Å². The van der Waals surface area contributed by atoms with Gasteiger partial charge in [0.05, 0.1) is 35.2 Å². The molecule has 32 heavy (non-hydrogen) atoms. The van der Waals surface area contributed by atoms with Gasteiger partial charge in [-0.05, 0) is 45.4 Å². The first kappa shape index (κ1) is 25.3. The first-order valence-corrected chi connectivity index (χ1v) is 11.4. The van der Waals surface area contributed by atoms with Crippen LogP contribution in [0.3, 0.4) is 0 Å². The largest absolute Gasteiger partial charge is 0.496 e. The molecule has 0 saturated heterocycles. The molecule has 174 valence electrons. The number of nitrogens with zero attached hydrogens (tertiary/aromatic N) is 2. The van der Waals surface area contributed by atoms with E-state index in [0.29, 0.717) is 0 Å². The lowest BCUT2D eigenvalue weighted by Gasteiger charge is -2.31. The Kier molecular flexibility index (Phi) is 8.31. The van der Waals surface area contributed by atoms with Crippen LogP contribution in [-0.2, 0) is 13.6 Å². The summed E-state index contributed by atoms with van der Waals surface area (Å²) < 4.78 is 30.4. The van der Waals surface area contributed by atoms with E-state index in [-0.39, 0.29) is 28.4 Å². The van der Waals surface area contributed by atoms with Crippen LogP contribution in [0, 0.1) is 20.2 Å². The number of non-ortho nitro benzene ring substituents is 1. The van der Waals surface area contributed by atoms with Crippen molar-refractivity contribution in [3.63, 3.8) is 0 Å². The predicted molar refractivity (Wildman–Crippen MR) is 119 cm³/mol. The Morgan fingerprint density at radius 2 is 1.56 bits per heavy atom. The van der Waals surface area contributed by atoms with Crippen molar-refractivity contribution in [1.29, 1.82) is 0 Å². The van der Waals surface area contributed by atoms with Gasteiger partial charge in [-0.2, -0.15) is 0 Å². The fraction of sp³-hybridized carbons (Fsp3) is 0.400. The maximum atomic E-state index is 14.0. The summed E-state index contributed by atoms with van der Waals surface area (Å²) in [5, 5.41) is 25.8. The lowest BCUT2D eigenvalue weighted by atomic mass is 10.2. The maximum Gasteiger partial charge on any atom is 0.357 e.